The van der Waals surface area contributed by atoms with Crippen molar-refractivity contribution in [3.8, 4) is 0 Å². The quantitative estimate of drug-likeness (QED) is 0.482. The van der Waals surface area contributed by atoms with Gasteiger partial charge in [-0.25, -0.2) is 13.8 Å². The van der Waals surface area contributed by atoms with Crippen molar-refractivity contribution in [3.05, 3.63) is 38.8 Å². The summed E-state index contributed by atoms with van der Waals surface area (Å²) in [5, 5.41) is 3.18. The molecule has 0 radical (unpaired) electrons. The highest BCUT2D eigenvalue weighted by atomic mass is 79.9. The van der Waals surface area contributed by atoms with Gasteiger partial charge in [0.05, 0.1) is 27.9 Å². The number of alkyl halides is 2. The van der Waals surface area contributed by atoms with Crippen LogP contribution < -0.4 is 11.1 Å². The Balaban J connectivity index is 1.77. The molecule has 4 rings (SSSR count). The number of thiophene rings is 1. The maximum absolute atomic E-state index is 14.6. The van der Waals surface area contributed by atoms with Crippen molar-refractivity contribution in [1.82, 2.24) is 9.97 Å². The van der Waals surface area contributed by atoms with Gasteiger partial charge in [0.25, 0.3) is 5.92 Å². The summed E-state index contributed by atoms with van der Waals surface area (Å²) in [5.74, 6) is -2.72. The van der Waals surface area contributed by atoms with E-state index in [-0.39, 0.29) is 11.7 Å². The van der Waals surface area contributed by atoms with E-state index in [0.29, 0.717) is 44.8 Å². The van der Waals surface area contributed by atoms with E-state index in [9.17, 15) is 8.78 Å². The van der Waals surface area contributed by atoms with Crippen LogP contribution in [0.2, 0.25) is 5.28 Å². The van der Waals surface area contributed by atoms with Gasteiger partial charge in [-0.3, -0.25) is 0 Å². The molecule has 2 atom stereocenters. The van der Waals surface area contributed by atoms with Gasteiger partial charge in [0, 0.05) is 17.3 Å². The smallest absolute Gasteiger partial charge is 0.257 e. The molecule has 0 amide bonds. The number of nitrogens with zero attached hydrogens (tertiary/aromatic N) is 2. The second kappa shape index (κ2) is 7.27. The summed E-state index contributed by atoms with van der Waals surface area (Å²) in [7, 11) is 0. The van der Waals surface area contributed by atoms with Crippen molar-refractivity contribution in [1.29, 1.82) is 0 Å². The fourth-order valence-electron chi connectivity index (χ4n) is 3.44. The summed E-state index contributed by atoms with van der Waals surface area (Å²) < 4.78 is 35.8. The zero-order chi connectivity index (χ0) is 19.2. The van der Waals surface area contributed by atoms with E-state index in [0.717, 1.165) is 5.76 Å². The van der Waals surface area contributed by atoms with Crippen LogP contribution in [0.25, 0.3) is 10.2 Å². The molecule has 3 heterocycles. The zero-order valence-electron chi connectivity index (χ0n) is 14.0. The van der Waals surface area contributed by atoms with Gasteiger partial charge in [0.1, 0.15) is 17.1 Å². The number of fused-ring (bicyclic) bond motifs is 1. The lowest BCUT2D eigenvalue weighted by molar-refractivity contribution is -0.0603. The Kier molecular flexibility index (Phi) is 5.13. The summed E-state index contributed by atoms with van der Waals surface area (Å²) in [6.45, 7) is 0.388. The molecule has 0 spiro atoms. The number of aromatic nitrogens is 2. The number of rotatable bonds is 4. The third kappa shape index (κ3) is 3.57. The number of furan rings is 1. The molecule has 1 fully saturated rings. The first-order valence-electron chi connectivity index (χ1n) is 8.42. The number of anilines is 1. The molecule has 0 unspecified atom stereocenters. The second-order valence-electron chi connectivity index (χ2n) is 6.53. The lowest BCUT2D eigenvalue weighted by Gasteiger charge is -2.35. The fraction of sp³-hybridized carbons (Fsp3) is 0.412. The Bertz CT molecular complexity index is 966. The van der Waals surface area contributed by atoms with Crippen molar-refractivity contribution in [2.24, 2.45) is 5.73 Å². The molecular formula is C17H16BrClF2N4OS. The molecule has 1 saturated carbocycles. The minimum absolute atomic E-state index is 0.0363. The van der Waals surface area contributed by atoms with Gasteiger partial charge in [0.2, 0.25) is 5.28 Å². The zero-order valence-corrected chi connectivity index (χ0v) is 17.2. The Morgan fingerprint density at radius 1 is 1.44 bits per heavy atom. The van der Waals surface area contributed by atoms with Crippen LogP contribution in [0.3, 0.4) is 0 Å². The van der Waals surface area contributed by atoms with Crippen LogP contribution in [0.15, 0.2) is 27.3 Å². The third-order valence-corrected chi connectivity index (χ3v) is 7.20. The molecule has 27 heavy (non-hydrogen) atoms. The van der Waals surface area contributed by atoms with Gasteiger partial charge in [-0.05, 0) is 52.5 Å². The molecule has 144 valence electrons. The minimum Gasteiger partial charge on any atom is -0.467 e. The first-order chi connectivity index (χ1) is 12.9. The predicted molar refractivity (Wildman–Crippen MR) is 106 cm³/mol. The Morgan fingerprint density at radius 3 is 2.96 bits per heavy atom. The fourth-order valence-corrected chi connectivity index (χ4v) is 5.85. The summed E-state index contributed by atoms with van der Waals surface area (Å²) in [6.07, 6.45) is 2.40. The Morgan fingerprint density at radius 2 is 2.26 bits per heavy atom. The van der Waals surface area contributed by atoms with Crippen LogP contribution in [0.5, 0.6) is 0 Å². The van der Waals surface area contributed by atoms with Crippen LogP contribution in [0.4, 0.5) is 14.6 Å². The molecule has 5 nitrogen and oxygen atoms in total. The predicted octanol–water partition coefficient (Wildman–Crippen LogP) is 5.54. The maximum atomic E-state index is 14.6. The lowest BCUT2D eigenvalue weighted by Crippen LogP contribution is -2.43. The summed E-state index contributed by atoms with van der Waals surface area (Å²) in [6, 6.07) is 3.00. The Hall–Kier alpha value is -1.29. The number of nitrogens with one attached hydrogen (secondary N) is 1. The van der Waals surface area contributed by atoms with Crippen LogP contribution in [0, 0.1) is 0 Å². The SMILES string of the molecule is N[C@H]1CCCC(F)(F)[C@@H]1c1sc2c(NCc3ccco3)nc(Cl)nc2c1Br. The van der Waals surface area contributed by atoms with Gasteiger partial charge >= 0.3 is 0 Å². The van der Waals surface area contributed by atoms with E-state index in [2.05, 4.69) is 31.2 Å². The highest BCUT2D eigenvalue weighted by Gasteiger charge is 2.48. The molecule has 10 heteroatoms. The van der Waals surface area contributed by atoms with Crippen molar-refractivity contribution < 1.29 is 13.2 Å². The summed E-state index contributed by atoms with van der Waals surface area (Å²) >= 11 is 10.7. The van der Waals surface area contributed by atoms with Gasteiger partial charge in [-0.1, -0.05) is 0 Å². The molecular weight excluding hydrogens is 462 g/mol. The summed E-state index contributed by atoms with van der Waals surface area (Å²) in [5.41, 5.74) is 6.59. The van der Waals surface area contributed by atoms with Crippen molar-refractivity contribution in [3.63, 3.8) is 0 Å². The van der Waals surface area contributed by atoms with Gasteiger partial charge < -0.3 is 15.5 Å². The van der Waals surface area contributed by atoms with Crippen LogP contribution in [-0.2, 0) is 6.54 Å². The van der Waals surface area contributed by atoms with Gasteiger partial charge in [0.15, 0.2) is 0 Å². The molecule has 3 aromatic heterocycles. The molecule has 3 N–H and O–H groups in total. The molecule has 0 aliphatic heterocycles. The number of hydrogen-bond donors (Lipinski definition) is 2. The van der Waals surface area contributed by atoms with Crippen molar-refractivity contribution in [2.75, 3.05) is 5.32 Å². The molecule has 0 bridgehead atoms. The average Bonchev–Trinajstić information content (AvgIpc) is 3.22. The lowest BCUT2D eigenvalue weighted by atomic mass is 9.81. The molecule has 1 aliphatic rings. The summed E-state index contributed by atoms with van der Waals surface area (Å²) in [4.78, 5) is 8.95. The monoisotopic (exact) mass is 476 g/mol. The first kappa shape index (κ1) is 19.0. The topological polar surface area (TPSA) is 77.0 Å². The van der Waals surface area contributed by atoms with Gasteiger partial charge in [-0.2, -0.15) is 4.98 Å². The number of halogens is 4. The third-order valence-electron chi connectivity index (χ3n) is 4.70. The number of nitrogens with two attached hydrogens (primary N) is 1. The second-order valence-corrected chi connectivity index (χ2v) is 8.71. The minimum atomic E-state index is -2.86. The normalized spacial score (nSPS) is 22.3. The van der Waals surface area contributed by atoms with Crippen LogP contribution >= 0.6 is 38.9 Å². The molecule has 0 aromatic carbocycles. The van der Waals surface area contributed by atoms with Crippen LogP contribution in [0.1, 0.15) is 35.8 Å². The standard InChI is InChI=1S/C17H16BrClF2N4OS/c18-11-12-14(27-13(11)10-9(22)4-1-5-17(10,20)21)15(25-16(19)24-12)23-7-8-3-2-6-26-8/h2-3,6,9-10H,1,4-5,7,22H2,(H,23,24,25)/t9-,10-/m0/s1. The Labute approximate surface area is 171 Å². The highest BCUT2D eigenvalue weighted by Crippen LogP contribution is 2.51. The van der Waals surface area contributed by atoms with Crippen molar-refractivity contribution in [2.45, 2.75) is 43.7 Å². The van der Waals surface area contributed by atoms with E-state index >= 15 is 0 Å². The number of hydrogen-bond acceptors (Lipinski definition) is 6. The highest BCUT2D eigenvalue weighted by molar-refractivity contribution is 9.10. The van der Waals surface area contributed by atoms with E-state index in [1.165, 1.54) is 11.3 Å². The van der Waals surface area contributed by atoms with Crippen molar-refractivity contribution >= 4 is 54.9 Å². The van der Waals surface area contributed by atoms with E-state index in [4.69, 9.17) is 21.8 Å². The van der Waals surface area contributed by atoms with Crippen LogP contribution in [-0.4, -0.2) is 21.9 Å². The average molecular weight is 478 g/mol. The van der Waals surface area contributed by atoms with Gasteiger partial charge in [-0.15, -0.1) is 11.3 Å². The van der Waals surface area contributed by atoms with E-state index in [1.807, 2.05) is 6.07 Å². The molecule has 0 saturated heterocycles. The first-order valence-corrected chi connectivity index (χ1v) is 10.4. The molecule has 1 aliphatic carbocycles. The largest absolute Gasteiger partial charge is 0.467 e. The molecule has 3 aromatic rings. The van der Waals surface area contributed by atoms with E-state index < -0.39 is 17.9 Å². The van der Waals surface area contributed by atoms with E-state index in [1.54, 1.807) is 12.3 Å². The maximum Gasteiger partial charge on any atom is 0.257 e.